The Balaban J connectivity index is 2.58. The van der Waals surface area contributed by atoms with E-state index < -0.39 is 0 Å². The standard InChI is InChI=1S/C11H6Cl2FN/c12-8-2-1-3-9(13)11(8)10-5-4-7(14)6-15-10/h1-6H. The summed E-state index contributed by atoms with van der Waals surface area (Å²) in [4.78, 5) is 3.93. The molecule has 2 aromatic rings. The van der Waals surface area contributed by atoms with Gasteiger partial charge in [-0.15, -0.1) is 0 Å². The van der Waals surface area contributed by atoms with E-state index in [-0.39, 0.29) is 5.82 Å². The second-order valence-electron chi connectivity index (χ2n) is 2.96. The van der Waals surface area contributed by atoms with Gasteiger partial charge in [-0.3, -0.25) is 4.98 Å². The molecule has 0 fully saturated rings. The fourth-order valence-corrected chi connectivity index (χ4v) is 1.86. The van der Waals surface area contributed by atoms with Crippen LogP contribution in [-0.2, 0) is 0 Å². The van der Waals surface area contributed by atoms with Gasteiger partial charge in [0.2, 0.25) is 0 Å². The minimum atomic E-state index is -0.387. The zero-order chi connectivity index (χ0) is 10.8. The molecule has 0 aliphatic rings. The van der Waals surface area contributed by atoms with Gasteiger partial charge in [-0.1, -0.05) is 29.3 Å². The Morgan fingerprint density at radius 3 is 2.20 bits per heavy atom. The van der Waals surface area contributed by atoms with Gasteiger partial charge in [-0.05, 0) is 24.3 Å². The first-order valence-corrected chi connectivity index (χ1v) is 5.00. The van der Waals surface area contributed by atoms with Gasteiger partial charge in [0.05, 0.1) is 21.9 Å². The average molecular weight is 242 g/mol. The Morgan fingerprint density at radius 1 is 1.00 bits per heavy atom. The van der Waals surface area contributed by atoms with Gasteiger partial charge in [0.15, 0.2) is 0 Å². The van der Waals surface area contributed by atoms with Crippen molar-refractivity contribution in [1.82, 2.24) is 4.98 Å². The van der Waals surface area contributed by atoms with Crippen molar-refractivity contribution in [2.45, 2.75) is 0 Å². The average Bonchev–Trinajstić information content (AvgIpc) is 2.20. The summed E-state index contributed by atoms with van der Waals surface area (Å²) in [6, 6.07) is 8.05. The third kappa shape index (κ3) is 2.11. The number of aromatic nitrogens is 1. The lowest BCUT2D eigenvalue weighted by Crippen LogP contribution is -1.86. The van der Waals surface area contributed by atoms with Crippen LogP contribution >= 0.6 is 23.2 Å². The number of halogens is 3. The van der Waals surface area contributed by atoms with Crippen molar-refractivity contribution in [1.29, 1.82) is 0 Å². The van der Waals surface area contributed by atoms with Gasteiger partial charge in [0.1, 0.15) is 5.82 Å². The van der Waals surface area contributed by atoms with E-state index in [4.69, 9.17) is 23.2 Å². The third-order valence-electron chi connectivity index (χ3n) is 1.95. The molecule has 4 heteroatoms. The molecule has 0 bridgehead atoms. The molecule has 1 heterocycles. The van der Waals surface area contributed by atoms with Gasteiger partial charge in [-0.2, -0.15) is 0 Å². The van der Waals surface area contributed by atoms with E-state index in [9.17, 15) is 4.39 Å². The molecule has 15 heavy (non-hydrogen) atoms. The zero-order valence-electron chi connectivity index (χ0n) is 7.55. The van der Waals surface area contributed by atoms with E-state index in [1.54, 1.807) is 24.3 Å². The van der Waals surface area contributed by atoms with Crippen LogP contribution in [0, 0.1) is 5.82 Å². The van der Waals surface area contributed by atoms with Gasteiger partial charge in [-0.25, -0.2) is 4.39 Å². The van der Waals surface area contributed by atoms with E-state index in [0.29, 0.717) is 21.3 Å². The summed E-state index contributed by atoms with van der Waals surface area (Å²) >= 11 is 12.0. The van der Waals surface area contributed by atoms with E-state index in [2.05, 4.69) is 4.98 Å². The van der Waals surface area contributed by atoms with Crippen LogP contribution in [0.25, 0.3) is 11.3 Å². The Kier molecular flexibility index (Phi) is 2.89. The fraction of sp³-hybridized carbons (Fsp3) is 0. The summed E-state index contributed by atoms with van der Waals surface area (Å²) in [5.74, 6) is -0.387. The van der Waals surface area contributed by atoms with Crippen molar-refractivity contribution in [3.05, 3.63) is 52.4 Å². The highest BCUT2D eigenvalue weighted by Crippen LogP contribution is 2.32. The lowest BCUT2D eigenvalue weighted by molar-refractivity contribution is 0.622. The molecule has 0 saturated heterocycles. The molecule has 0 aliphatic carbocycles. The van der Waals surface area contributed by atoms with Crippen molar-refractivity contribution in [3.8, 4) is 11.3 Å². The van der Waals surface area contributed by atoms with E-state index >= 15 is 0 Å². The molecule has 0 aliphatic heterocycles. The number of nitrogens with zero attached hydrogens (tertiary/aromatic N) is 1. The molecule has 1 nitrogen and oxygen atoms in total. The predicted octanol–water partition coefficient (Wildman–Crippen LogP) is 4.19. The van der Waals surface area contributed by atoms with Gasteiger partial charge >= 0.3 is 0 Å². The molecule has 0 spiro atoms. The molecular formula is C11H6Cl2FN. The smallest absolute Gasteiger partial charge is 0.141 e. The molecule has 0 atom stereocenters. The summed E-state index contributed by atoms with van der Waals surface area (Å²) < 4.78 is 12.7. The Morgan fingerprint density at radius 2 is 1.67 bits per heavy atom. The van der Waals surface area contributed by atoms with E-state index in [1.807, 2.05) is 0 Å². The molecule has 0 amide bonds. The zero-order valence-corrected chi connectivity index (χ0v) is 9.06. The first-order chi connectivity index (χ1) is 7.18. The van der Waals surface area contributed by atoms with Gasteiger partial charge in [0.25, 0.3) is 0 Å². The highest BCUT2D eigenvalue weighted by Gasteiger charge is 2.08. The van der Waals surface area contributed by atoms with Crippen LogP contribution in [0.15, 0.2) is 36.5 Å². The highest BCUT2D eigenvalue weighted by atomic mass is 35.5. The van der Waals surface area contributed by atoms with Crippen LogP contribution in [0.1, 0.15) is 0 Å². The SMILES string of the molecule is Fc1ccc(-c2c(Cl)cccc2Cl)nc1. The number of hydrogen-bond acceptors (Lipinski definition) is 1. The fourth-order valence-electron chi connectivity index (χ4n) is 1.27. The normalized spacial score (nSPS) is 10.3. The molecular weight excluding hydrogens is 236 g/mol. The summed E-state index contributed by atoms with van der Waals surface area (Å²) in [5.41, 5.74) is 1.19. The lowest BCUT2D eigenvalue weighted by atomic mass is 10.1. The first-order valence-electron chi connectivity index (χ1n) is 4.24. The van der Waals surface area contributed by atoms with E-state index in [1.165, 1.54) is 6.07 Å². The van der Waals surface area contributed by atoms with Crippen LogP contribution in [0.4, 0.5) is 4.39 Å². The molecule has 0 unspecified atom stereocenters. The summed E-state index contributed by atoms with van der Waals surface area (Å²) in [7, 11) is 0. The van der Waals surface area contributed by atoms with Crippen LogP contribution in [-0.4, -0.2) is 4.98 Å². The molecule has 1 aromatic heterocycles. The molecule has 76 valence electrons. The van der Waals surface area contributed by atoms with Gasteiger partial charge in [0, 0.05) is 5.56 Å². The molecule has 1 aromatic carbocycles. The Labute approximate surface area is 96.5 Å². The largest absolute Gasteiger partial charge is 0.253 e. The second kappa shape index (κ2) is 4.17. The second-order valence-corrected chi connectivity index (χ2v) is 3.77. The third-order valence-corrected chi connectivity index (χ3v) is 2.58. The molecule has 0 radical (unpaired) electrons. The maximum Gasteiger partial charge on any atom is 0.141 e. The maximum absolute atomic E-state index is 12.7. The van der Waals surface area contributed by atoms with Crippen molar-refractivity contribution < 1.29 is 4.39 Å². The summed E-state index contributed by atoms with van der Waals surface area (Å²) in [6.45, 7) is 0. The van der Waals surface area contributed by atoms with E-state index in [0.717, 1.165) is 6.20 Å². The Bertz CT molecular complexity index is 462. The summed E-state index contributed by atoms with van der Waals surface area (Å²) in [5, 5.41) is 1.00. The molecule has 0 saturated carbocycles. The van der Waals surface area contributed by atoms with Crippen molar-refractivity contribution in [2.75, 3.05) is 0 Å². The predicted molar refractivity (Wildman–Crippen MR) is 59.7 cm³/mol. The van der Waals surface area contributed by atoms with Crippen LogP contribution in [0.3, 0.4) is 0 Å². The highest BCUT2D eigenvalue weighted by molar-refractivity contribution is 6.39. The van der Waals surface area contributed by atoms with Crippen molar-refractivity contribution >= 4 is 23.2 Å². The number of hydrogen-bond donors (Lipinski definition) is 0. The van der Waals surface area contributed by atoms with Crippen LogP contribution in [0.5, 0.6) is 0 Å². The molecule has 0 N–H and O–H groups in total. The van der Waals surface area contributed by atoms with Crippen LogP contribution in [0.2, 0.25) is 10.0 Å². The number of pyridine rings is 1. The van der Waals surface area contributed by atoms with Gasteiger partial charge < -0.3 is 0 Å². The monoisotopic (exact) mass is 241 g/mol. The maximum atomic E-state index is 12.7. The first kappa shape index (κ1) is 10.4. The number of benzene rings is 1. The van der Waals surface area contributed by atoms with Crippen molar-refractivity contribution in [2.24, 2.45) is 0 Å². The topological polar surface area (TPSA) is 12.9 Å². The minimum absolute atomic E-state index is 0.387. The molecule has 2 rings (SSSR count). The van der Waals surface area contributed by atoms with Crippen molar-refractivity contribution in [3.63, 3.8) is 0 Å². The quantitative estimate of drug-likeness (QED) is 0.730. The summed E-state index contributed by atoms with van der Waals surface area (Å²) in [6.07, 6.45) is 1.13. The lowest BCUT2D eigenvalue weighted by Gasteiger charge is -2.05. The Hall–Kier alpha value is -1.12. The van der Waals surface area contributed by atoms with Crippen LogP contribution < -0.4 is 0 Å². The minimum Gasteiger partial charge on any atom is -0.253 e. The number of rotatable bonds is 1.